The second-order valence-electron chi connectivity index (χ2n) is 6.23. The fourth-order valence-electron chi connectivity index (χ4n) is 3.32. The summed E-state index contributed by atoms with van der Waals surface area (Å²) in [5.41, 5.74) is 3.47. The van der Waals surface area contributed by atoms with Gasteiger partial charge in [0.2, 0.25) is 0 Å². The molecule has 126 valence electrons. The average Bonchev–Trinajstić information content (AvgIpc) is 2.91. The minimum absolute atomic E-state index is 0.408. The molecule has 0 bridgehead atoms. The molecule has 0 saturated heterocycles. The number of nitrogens with one attached hydrogen (secondary N) is 1. The lowest BCUT2D eigenvalue weighted by atomic mass is 9.91. The third-order valence-corrected chi connectivity index (χ3v) is 4.44. The van der Waals surface area contributed by atoms with E-state index in [-0.39, 0.29) is 0 Å². The van der Waals surface area contributed by atoms with E-state index in [1.807, 2.05) is 25.2 Å². The zero-order valence-corrected chi connectivity index (χ0v) is 14.5. The molecule has 0 aliphatic rings. The van der Waals surface area contributed by atoms with Crippen LogP contribution in [0.3, 0.4) is 0 Å². The Morgan fingerprint density at radius 1 is 1.22 bits per heavy atom. The molecule has 0 spiro atoms. The van der Waals surface area contributed by atoms with Gasteiger partial charge in [-0.05, 0) is 36.5 Å². The van der Waals surface area contributed by atoms with E-state index in [0.717, 1.165) is 35.6 Å². The van der Waals surface area contributed by atoms with E-state index in [4.69, 9.17) is 4.42 Å². The van der Waals surface area contributed by atoms with Crippen molar-refractivity contribution in [1.82, 2.24) is 4.98 Å². The van der Waals surface area contributed by atoms with Gasteiger partial charge in [-0.25, -0.2) is 4.79 Å². The van der Waals surface area contributed by atoms with E-state index in [1.165, 1.54) is 32.1 Å². The van der Waals surface area contributed by atoms with Gasteiger partial charge in [-0.15, -0.1) is 0 Å². The molecule has 0 saturated carbocycles. The first-order valence-electron chi connectivity index (χ1n) is 8.76. The molecule has 0 amide bonds. The first-order valence-corrected chi connectivity index (χ1v) is 8.76. The van der Waals surface area contributed by atoms with Crippen LogP contribution in [-0.4, -0.2) is 17.7 Å². The van der Waals surface area contributed by atoms with Crippen LogP contribution in [-0.2, 0) is 0 Å². The molecule has 4 heteroatoms. The van der Waals surface area contributed by atoms with E-state index < -0.39 is 5.76 Å². The number of hydrogen-bond acceptors (Lipinski definition) is 3. The molecular formula is C19H28N2O2. The Bertz CT molecular complexity index is 691. The van der Waals surface area contributed by atoms with Crippen LogP contribution in [0, 0.1) is 5.92 Å². The van der Waals surface area contributed by atoms with Gasteiger partial charge < -0.3 is 4.42 Å². The summed E-state index contributed by atoms with van der Waals surface area (Å²) >= 11 is 0. The van der Waals surface area contributed by atoms with Crippen molar-refractivity contribution in [3.8, 4) is 0 Å². The molecular weight excluding hydrogens is 288 g/mol. The topological polar surface area (TPSA) is 58.4 Å². The Hall–Kier alpha value is -1.84. The summed E-state index contributed by atoms with van der Waals surface area (Å²) in [4.78, 5) is 18.4. The van der Waals surface area contributed by atoms with Crippen LogP contribution in [0.15, 0.2) is 32.4 Å². The molecule has 0 aliphatic heterocycles. The highest BCUT2D eigenvalue weighted by atomic mass is 16.4. The van der Waals surface area contributed by atoms with Crippen molar-refractivity contribution < 1.29 is 4.42 Å². The second kappa shape index (κ2) is 8.70. The lowest BCUT2D eigenvalue weighted by Crippen LogP contribution is -2.04. The lowest BCUT2D eigenvalue weighted by Gasteiger charge is -2.15. The highest BCUT2D eigenvalue weighted by molar-refractivity contribution is 6.02. The zero-order chi connectivity index (χ0) is 16.7. The van der Waals surface area contributed by atoms with Crippen LogP contribution in [0.2, 0.25) is 0 Å². The molecule has 1 N–H and O–H groups in total. The monoisotopic (exact) mass is 316 g/mol. The number of oxazole rings is 1. The zero-order valence-electron chi connectivity index (χ0n) is 14.5. The van der Waals surface area contributed by atoms with Crippen molar-refractivity contribution in [3.63, 3.8) is 0 Å². The highest BCUT2D eigenvalue weighted by Gasteiger charge is 2.10. The maximum Gasteiger partial charge on any atom is 0.417 e. The number of hydrogen-bond donors (Lipinski definition) is 1. The van der Waals surface area contributed by atoms with Crippen LogP contribution < -0.4 is 5.76 Å². The highest BCUT2D eigenvalue weighted by Crippen LogP contribution is 2.22. The number of aromatic amines is 1. The Balaban J connectivity index is 1.99. The van der Waals surface area contributed by atoms with Crippen LogP contribution >= 0.6 is 0 Å². The maximum absolute atomic E-state index is 11.3. The fraction of sp³-hybridized carbons (Fsp3) is 0.579. The quantitative estimate of drug-likeness (QED) is 0.667. The minimum atomic E-state index is -0.408. The standard InChI is InChI=1S/C19H28N2O2/c1-4-7-14(8-5-2)9-6-10-16(20-3)15-11-12-17-18(13-15)23-19(22)21-17/h11-14H,4-10H2,1-3H3,(H,21,22). The Morgan fingerprint density at radius 2 is 1.96 bits per heavy atom. The second-order valence-corrected chi connectivity index (χ2v) is 6.23. The van der Waals surface area contributed by atoms with Crippen molar-refractivity contribution in [2.75, 3.05) is 7.05 Å². The van der Waals surface area contributed by atoms with E-state index in [1.54, 1.807) is 0 Å². The summed E-state index contributed by atoms with van der Waals surface area (Å²) < 4.78 is 5.14. The van der Waals surface area contributed by atoms with Gasteiger partial charge in [0.05, 0.1) is 5.52 Å². The number of fused-ring (bicyclic) bond motifs is 1. The summed E-state index contributed by atoms with van der Waals surface area (Å²) in [6.45, 7) is 4.53. The summed E-state index contributed by atoms with van der Waals surface area (Å²) in [6, 6.07) is 5.80. The third kappa shape index (κ3) is 4.81. The van der Waals surface area contributed by atoms with Gasteiger partial charge >= 0.3 is 5.76 Å². The van der Waals surface area contributed by atoms with Gasteiger partial charge in [-0.3, -0.25) is 9.98 Å². The van der Waals surface area contributed by atoms with Crippen molar-refractivity contribution in [3.05, 3.63) is 34.3 Å². The average molecular weight is 316 g/mol. The Morgan fingerprint density at radius 3 is 2.61 bits per heavy atom. The van der Waals surface area contributed by atoms with Crippen LogP contribution in [0.25, 0.3) is 11.1 Å². The molecule has 1 aromatic carbocycles. The number of aliphatic imine (C=N–C) groups is 1. The van der Waals surface area contributed by atoms with E-state index in [0.29, 0.717) is 5.58 Å². The minimum Gasteiger partial charge on any atom is -0.408 e. The fourth-order valence-corrected chi connectivity index (χ4v) is 3.32. The van der Waals surface area contributed by atoms with Crippen LogP contribution in [0.4, 0.5) is 0 Å². The molecule has 23 heavy (non-hydrogen) atoms. The number of H-pyrrole nitrogens is 1. The van der Waals surface area contributed by atoms with Crippen molar-refractivity contribution in [2.24, 2.45) is 10.9 Å². The molecule has 0 atom stereocenters. The largest absolute Gasteiger partial charge is 0.417 e. The molecule has 1 heterocycles. The van der Waals surface area contributed by atoms with Crippen molar-refractivity contribution in [2.45, 2.75) is 58.8 Å². The number of nitrogens with zero attached hydrogens (tertiary/aromatic N) is 1. The SMILES string of the molecule is CCCC(CCC)CCCC(=NC)c1ccc2[nH]c(=O)oc2c1. The van der Waals surface area contributed by atoms with Gasteiger partial charge in [0, 0.05) is 12.8 Å². The molecule has 0 unspecified atom stereocenters. The predicted molar refractivity (Wildman–Crippen MR) is 96.5 cm³/mol. The number of benzene rings is 1. The lowest BCUT2D eigenvalue weighted by molar-refractivity contribution is 0.403. The normalized spacial score (nSPS) is 12.4. The number of aromatic nitrogens is 1. The predicted octanol–water partition coefficient (Wildman–Crippen LogP) is 4.93. The Labute approximate surface area is 138 Å². The molecule has 0 radical (unpaired) electrons. The third-order valence-electron chi connectivity index (χ3n) is 4.44. The van der Waals surface area contributed by atoms with E-state index in [9.17, 15) is 4.79 Å². The van der Waals surface area contributed by atoms with Gasteiger partial charge in [0.25, 0.3) is 0 Å². The number of rotatable bonds is 9. The van der Waals surface area contributed by atoms with Crippen molar-refractivity contribution >= 4 is 16.8 Å². The summed E-state index contributed by atoms with van der Waals surface area (Å²) in [5.74, 6) is 0.433. The van der Waals surface area contributed by atoms with E-state index in [2.05, 4.69) is 23.8 Å². The van der Waals surface area contributed by atoms with Gasteiger partial charge in [0.1, 0.15) is 0 Å². The molecule has 0 fully saturated rings. The first-order chi connectivity index (χ1) is 11.2. The maximum atomic E-state index is 11.3. The first kappa shape index (κ1) is 17.5. The smallest absolute Gasteiger partial charge is 0.408 e. The van der Waals surface area contributed by atoms with Crippen LogP contribution in [0.1, 0.15) is 64.4 Å². The van der Waals surface area contributed by atoms with Gasteiger partial charge in [-0.1, -0.05) is 52.0 Å². The molecule has 2 aromatic rings. The molecule has 0 aliphatic carbocycles. The Kier molecular flexibility index (Phi) is 6.63. The van der Waals surface area contributed by atoms with Gasteiger partial charge in [0.15, 0.2) is 5.58 Å². The summed E-state index contributed by atoms with van der Waals surface area (Å²) in [5, 5.41) is 0. The molecule has 4 nitrogen and oxygen atoms in total. The van der Waals surface area contributed by atoms with E-state index >= 15 is 0 Å². The van der Waals surface area contributed by atoms with Crippen molar-refractivity contribution in [1.29, 1.82) is 0 Å². The molecule has 1 aromatic heterocycles. The molecule has 2 rings (SSSR count). The van der Waals surface area contributed by atoms with Crippen LogP contribution in [0.5, 0.6) is 0 Å². The summed E-state index contributed by atoms with van der Waals surface area (Å²) in [6.07, 6.45) is 8.58. The summed E-state index contributed by atoms with van der Waals surface area (Å²) in [7, 11) is 1.84. The van der Waals surface area contributed by atoms with Gasteiger partial charge in [-0.2, -0.15) is 0 Å².